The zero-order chi connectivity index (χ0) is 11.3. The summed E-state index contributed by atoms with van der Waals surface area (Å²) in [7, 11) is 0. The SMILES string of the molecule is CC(C)C.O=C1CCc2ccccc2C1. The molecule has 0 radical (unpaired) electrons. The molecule has 1 aliphatic carbocycles. The van der Waals surface area contributed by atoms with Crippen LogP contribution in [0.1, 0.15) is 38.3 Å². The van der Waals surface area contributed by atoms with E-state index in [0.717, 1.165) is 18.8 Å². The molecule has 0 spiro atoms. The Labute approximate surface area is 92.5 Å². The molecule has 15 heavy (non-hydrogen) atoms. The summed E-state index contributed by atoms with van der Waals surface area (Å²) in [4.78, 5) is 11.0. The van der Waals surface area contributed by atoms with E-state index in [1.807, 2.05) is 18.2 Å². The summed E-state index contributed by atoms with van der Waals surface area (Å²) in [5, 5.41) is 0. The van der Waals surface area contributed by atoms with Crippen LogP contribution in [0.3, 0.4) is 0 Å². The second-order valence-corrected chi connectivity index (χ2v) is 4.72. The molecule has 2 rings (SSSR count). The molecular weight excluding hydrogens is 184 g/mol. The van der Waals surface area contributed by atoms with Crippen molar-refractivity contribution in [2.45, 2.75) is 40.0 Å². The number of carbonyl (C=O) groups is 1. The normalized spacial score (nSPS) is 14.3. The minimum absolute atomic E-state index is 0.378. The molecule has 82 valence electrons. The summed E-state index contributed by atoms with van der Waals surface area (Å²) in [6.45, 7) is 6.50. The lowest BCUT2D eigenvalue weighted by atomic mass is 9.91. The molecule has 0 fully saturated rings. The van der Waals surface area contributed by atoms with Crippen LogP contribution in [-0.4, -0.2) is 5.78 Å². The topological polar surface area (TPSA) is 17.1 Å². The fraction of sp³-hybridized carbons (Fsp3) is 0.500. The first-order chi connectivity index (χ1) is 7.09. The van der Waals surface area contributed by atoms with Crippen LogP contribution in [0.25, 0.3) is 0 Å². The summed E-state index contributed by atoms with van der Waals surface area (Å²) in [6, 6.07) is 8.19. The minimum Gasteiger partial charge on any atom is -0.299 e. The fourth-order valence-corrected chi connectivity index (χ4v) is 1.55. The van der Waals surface area contributed by atoms with E-state index in [9.17, 15) is 4.79 Å². The number of hydrogen-bond acceptors (Lipinski definition) is 1. The van der Waals surface area contributed by atoms with E-state index < -0.39 is 0 Å². The molecule has 0 bridgehead atoms. The molecule has 1 aromatic carbocycles. The van der Waals surface area contributed by atoms with Crippen LogP contribution in [0.2, 0.25) is 0 Å². The Bertz CT molecular complexity index is 323. The maximum atomic E-state index is 11.0. The fourth-order valence-electron chi connectivity index (χ4n) is 1.55. The van der Waals surface area contributed by atoms with Gasteiger partial charge < -0.3 is 0 Å². The van der Waals surface area contributed by atoms with Crippen LogP contribution < -0.4 is 0 Å². The van der Waals surface area contributed by atoms with Gasteiger partial charge in [-0.3, -0.25) is 4.79 Å². The molecular formula is C14H20O. The Morgan fingerprint density at radius 2 is 1.53 bits per heavy atom. The summed E-state index contributed by atoms with van der Waals surface area (Å²) >= 11 is 0. The lowest BCUT2D eigenvalue weighted by Crippen LogP contribution is -2.12. The predicted molar refractivity (Wildman–Crippen MR) is 64.0 cm³/mol. The lowest BCUT2D eigenvalue weighted by molar-refractivity contribution is -0.118. The number of carbonyl (C=O) groups excluding carboxylic acids is 1. The van der Waals surface area contributed by atoms with Crippen LogP contribution in [-0.2, 0) is 17.6 Å². The van der Waals surface area contributed by atoms with Gasteiger partial charge in [-0.25, -0.2) is 0 Å². The molecule has 0 amide bonds. The minimum atomic E-state index is 0.378. The summed E-state index contributed by atoms with van der Waals surface area (Å²) in [5.41, 5.74) is 2.58. The van der Waals surface area contributed by atoms with Crippen molar-refractivity contribution in [2.75, 3.05) is 0 Å². The molecule has 1 heteroatoms. The van der Waals surface area contributed by atoms with Crippen LogP contribution in [0, 0.1) is 5.92 Å². The summed E-state index contributed by atoms with van der Waals surface area (Å²) < 4.78 is 0. The maximum Gasteiger partial charge on any atom is 0.137 e. The quantitative estimate of drug-likeness (QED) is 0.633. The zero-order valence-corrected chi connectivity index (χ0v) is 9.92. The van der Waals surface area contributed by atoms with Crippen molar-refractivity contribution in [3.8, 4) is 0 Å². The van der Waals surface area contributed by atoms with E-state index in [4.69, 9.17) is 0 Å². The van der Waals surface area contributed by atoms with Crippen molar-refractivity contribution in [3.63, 3.8) is 0 Å². The third-order valence-electron chi connectivity index (χ3n) is 2.18. The van der Waals surface area contributed by atoms with Crippen LogP contribution in [0.4, 0.5) is 0 Å². The van der Waals surface area contributed by atoms with Gasteiger partial charge in [0.05, 0.1) is 0 Å². The first-order valence-electron chi connectivity index (χ1n) is 5.68. The monoisotopic (exact) mass is 204 g/mol. The molecule has 1 aliphatic rings. The number of rotatable bonds is 0. The second kappa shape index (κ2) is 5.69. The molecule has 1 nitrogen and oxygen atoms in total. The molecule has 1 aromatic rings. The van der Waals surface area contributed by atoms with E-state index in [1.54, 1.807) is 0 Å². The van der Waals surface area contributed by atoms with E-state index in [1.165, 1.54) is 11.1 Å². The van der Waals surface area contributed by atoms with E-state index in [-0.39, 0.29) is 0 Å². The van der Waals surface area contributed by atoms with E-state index in [0.29, 0.717) is 12.2 Å². The smallest absolute Gasteiger partial charge is 0.137 e. The molecule has 0 N–H and O–H groups in total. The first kappa shape index (κ1) is 12.0. The molecule has 0 aliphatic heterocycles. The Hall–Kier alpha value is -1.11. The largest absolute Gasteiger partial charge is 0.299 e. The first-order valence-corrected chi connectivity index (χ1v) is 5.68. The number of fused-ring (bicyclic) bond motifs is 1. The molecule has 0 aromatic heterocycles. The Morgan fingerprint density at radius 1 is 1.00 bits per heavy atom. The summed E-state index contributed by atoms with van der Waals surface area (Å²) in [5.74, 6) is 1.21. The second-order valence-electron chi connectivity index (χ2n) is 4.72. The maximum absolute atomic E-state index is 11.0. The molecule has 0 heterocycles. The predicted octanol–water partition coefficient (Wildman–Crippen LogP) is 3.41. The van der Waals surface area contributed by atoms with Gasteiger partial charge in [0.25, 0.3) is 0 Å². The van der Waals surface area contributed by atoms with E-state index in [2.05, 4.69) is 26.8 Å². The average Bonchev–Trinajstić information content (AvgIpc) is 2.16. The Balaban J connectivity index is 0.000000245. The number of Topliss-reactive ketones (excluding diaryl/α,β-unsaturated/α-hetero) is 1. The number of ketones is 1. The highest BCUT2D eigenvalue weighted by molar-refractivity contribution is 5.83. The van der Waals surface area contributed by atoms with Crippen molar-refractivity contribution in [2.24, 2.45) is 5.92 Å². The number of hydrogen-bond donors (Lipinski definition) is 0. The highest BCUT2D eigenvalue weighted by atomic mass is 16.1. The van der Waals surface area contributed by atoms with Gasteiger partial charge >= 0.3 is 0 Å². The van der Waals surface area contributed by atoms with Gasteiger partial charge in [-0.2, -0.15) is 0 Å². The zero-order valence-electron chi connectivity index (χ0n) is 9.92. The van der Waals surface area contributed by atoms with Gasteiger partial charge in [0.15, 0.2) is 0 Å². The number of benzene rings is 1. The van der Waals surface area contributed by atoms with Crippen LogP contribution in [0.15, 0.2) is 24.3 Å². The Morgan fingerprint density at radius 3 is 2.13 bits per heavy atom. The van der Waals surface area contributed by atoms with Crippen molar-refractivity contribution >= 4 is 5.78 Å². The highest BCUT2D eigenvalue weighted by Gasteiger charge is 2.13. The van der Waals surface area contributed by atoms with Crippen molar-refractivity contribution in [3.05, 3.63) is 35.4 Å². The van der Waals surface area contributed by atoms with Crippen LogP contribution in [0.5, 0.6) is 0 Å². The van der Waals surface area contributed by atoms with Gasteiger partial charge in [0.1, 0.15) is 5.78 Å². The lowest BCUT2D eigenvalue weighted by Gasteiger charge is -2.13. The average molecular weight is 204 g/mol. The molecule has 0 atom stereocenters. The van der Waals surface area contributed by atoms with Gasteiger partial charge in [0, 0.05) is 12.8 Å². The van der Waals surface area contributed by atoms with Crippen LogP contribution >= 0.6 is 0 Å². The highest BCUT2D eigenvalue weighted by Crippen LogP contribution is 2.17. The third kappa shape index (κ3) is 4.28. The molecule has 0 unspecified atom stereocenters. The standard InChI is InChI=1S/C10H10O.C4H10/c11-10-6-5-8-3-1-2-4-9(8)7-10;1-4(2)3/h1-4H,5-7H2;4H,1-3H3. The molecule has 0 saturated carbocycles. The van der Waals surface area contributed by atoms with Gasteiger partial charge in [-0.1, -0.05) is 45.0 Å². The number of aryl methyl sites for hydroxylation is 1. The van der Waals surface area contributed by atoms with Gasteiger partial charge in [0.2, 0.25) is 0 Å². The van der Waals surface area contributed by atoms with Crippen molar-refractivity contribution in [1.29, 1.82) is 0 Å². The van der Waals surface area contributed by atoms with Gasteiger partial charge in [-0.15, -0.1) is 0 Å². The van der Waals surface area contributed by atoms with Crippen molar-refractivity contribution in [1.82, 2.24) is 0 Å². The van der Waals surface area contributed by atoms with Crippen molar-refractivity contribution < 1.29 is 4.79 Å². The van der Waals surface area contributed by atoms with Gasteiger partial charge in [-0.05, 0) is 23.5 Å². The third-order valence-corrected chi connectivity index (χ3v) is 2.18. The van der Waals surface area contributed by atoms with E-state index >= 15 is 0 Å². The molecule has 0 saturated heterocycles. The Kier molecular flexibility index (Phi) is 4.54. The summed E-state index contributed by atoms with van der Waals surface area (Å²) in [6.07, 6.45) is 2.32.